The summed E-state index contributed by atoms with van der Waals surface area (Å²) in [5.41, 5.74) is 2.90. The Balaban J connectivity index is 1.76. The Kier molecular flexibility index (Phi) is 9.74. The number of carbonyl (C=O) groups excluding carboxylic acids is 2. The first-order chi connectivity index (χ1) is 16.4. The second-order valence-corrected chi connectivity index (χ2v) is 9.05. The van der Waals surface area contributed by atoms with Gasteiger partial charge >= 0.3 is 0 Å². The number of amides is 2. The molecule has 2 amide bonds. The molecule has 0 aliphatic heterocycles. The molecule has 1 heterocycles. The number of alkyl halides is 2. The van der Waals surface area contributed by atoms with Crippen molar-refractivity contribution in [3.05, 3.63) is 71.7 Å². The molecule has 0 unspecified atom stereocenters. The van der Waals surface area contributed by atoms with Gasteiger partial charge in [0.05, 0.1) is 6.54 Å². The monoisotopic (exact) mass is 507 g/mol. The number of benzene rings is 2. The molecule has 34 heavy (non-hydrogen) atoms. The Morgan fingerprint density at radius 1 is 1.06 bits per heavy atom. The zero-order chi connectivity index (χ0) is 24.5. The fraction of sp³-hybridized carbons (Fsp3) is 0.360. The van der Waals surface area contributed by atoms with Gasteiger partial charge in [0.1, 0.15) is 5.82 Å². The van der Waals surface area contributed by atoms with Gasteiger partial charge in [-0.3, -0.25) is 9.59 Å². The molecule has 3 aromatic rings. The van der Waals surface area contributed by atoms with E-state index in [1.165, 1.54) is 17.0 Å². The number of hydrogen-bond acceptors (Lipinski definition) is 3. The molecule has 9 heteroatoms. The van der Waals surface area contributed by atoms with E-state index in [4.69, 9.17) is 27.9 Å². The number of hydrogen-bond donors (Lipinski definition) is 1. The van der Waals surface area contributed by atoms with E-state index in [9.17, 15) is 14.0 Å². The quantitative estimate of drug-likeness (QED) is 0.289. The zero-order valence-electron chi connectivity index (χ0n) is 19.0. The number of nitrogens with one attached hydrogen (secondary N) is 1. The van der Waals surface area contributed by atoms with E-state index in [0.717, 1.165) is 22.0 Å². The molecule has 0 fully saturated rings. The lowest BCUT2D eigenvalue weighted by molar-refractivity contribution is -0.140. The number of carbonyl (C=O) groups is 2. The minimum atomic E-state index is -1.26. The van der Waals surface area contributed by atoms with E-state index >= 15 is 0 Å². The van der Waals surface area contributed by atoms with E-state index in [1.54, 1.807) is 24.1 Å². The number of halogens is 3. The third-order valence-electron chi connectivity index (χ3n) is 5.57. The van der Waals surface area contributed by atoms with Crippen LogP contribution in [0, 0.1) is 5.82 Å². The maximum atomic E-state index is 13.4. The summed E-state index contributed by atoms with van der Waals surface area (Å²) < 4.78 is 18.4. The summed E-state index contributed by atoms with van der Waals surface area (Å²) in [6.45, 7) is 1.28. The summed E-state index contributed by atoms with van der Waals surface area (Å²) in [5, 5.41) is 1.10. The third kappa shape index (κ3) is 7.19. The van der Waals surface area contributed by atoms with Crippen LogP contribution in [0.1, 0.15) is 17.5 Å². The minimum Gasteiger partial charge on any atom is -0.385 e. The molecule has 0 radical (unpaired) electrons. The molecular formula is C25H28Cl2FN3O3. The lowest BCUT2D eigenvalue weighted by Gasteiger charge is -2.28. The highest BCUT2D eigenvalue weighted by Gasteiger charge is 2.25. The lowest BCUT2D eigenvalue weighted by atomic mass is 10.1. The maximum absolute atomic E-state index is 13.4. The fourth-order valence-electron chi connectivity index (χ4n) is 3.76. The van der Waals surface area contributed by atoms with Gasteiger partial charge in [0.25, 0.3) is 5.91 Å². The molecule has 182 valence electrons. The molecule has 0 spiro atoms. The smallest absolute Gasteiger partial charge is 0.256 e. The number of nitrogens with zero attached hydrogens (tertiary/aromatic N) is 2. The van der Waals surface area contributed by atoms with Crippen molar-refractivity contribution in [3.63, 3.8) is 0 Å². The Labute approximate surface area is 208 Å². The fourth-order valence-corrected chi connectivity index (χ4v) is 4.04. The SMILES string of the molecule is COCCCN(CC(=O)N(CCc1c[nH]c2ccccc12)Cc1ccc(F)cc1)C(=O)C(Cl)Cl. The van der Waals surface area contributed by atoms with Crippen molar-refractivity contribution in [1.29, 1.82) is 0 Å². The molecule has 2 aromatic carbocycles. The molecule has 0 saturated heterocycles. The molecular weight excluding hydrogens is 480 g/mol. The van der Waals surface area contributed by atoms with Gasteiger partial charge in [0, 0.05) is 50.5 Å². The summed E-state index contributed by atoms with van der Waals surface area (Å²) in [6, 6.07) is 14.0. The zero-order valence-corrected chi connectivity index (χ0v) is 20.5. The van der Waals surface area contributed by atoms with Crippen LogP contribution in [0.15, 0.2) is 54.7 Å². The number of methoxy groups -OCH3 is 1. The molecule has 0 aliphatic rings. The van der Waals surface area contributed by atoms with Gasteiger partial charge in [0.2, 0.25) is 5.91 Å². The molecule has 1 aromatic heterocycles. The second kappa shape index (κ2) is 12.7. The normalized spacial score (nSPS) is 11.2. The Bertz CT molecular complexity index is 1090. The number of rotatable bonds is 12. The van der Waals surface area contributed by atoms with Gasteiger partial charge in [0.15, 0.2) is 4.84 Å². The van der Waals surface area contributed by atoms with Crippen LogP contribution in [0.2, 0.25) is 0 Å². The van der Waals surface area contributed by atoms with Crippen LogP contribution >= 0.6 is 23.2 Å². The van der Waals surface area contributed by atoms with Crippen LogP contribution in [0.25, 0.3) is 10.9 Å². The minimum absolute atomic E-state index is 0.159. The Morgan fingerprint density at radius 3 is 2.50 bits per heavy atom. The van der Waals surface area contributed by atoms with Gasteiger partial charge in [-0.25, -0.2) is 4.39 Å². The first-order valence-corrected chi connectivity index (χ1v) is 11.9. The number of H-pyrrole nitrogens is 1. The molecule has 3 rings (SSSR count). The average molecular weight is 508 g/mol. The Hall–Kier alpha value is -2.61. The van der Waals surface area contributed by atoms with Gasteiger partial charge in [-0.05, 0) is 42.2 Å². The predicted octanol–water partition coefficient (Wildman–Crippen LogP) is 4.55. The topological polar surface area (TPSA) is 65.6 Å². The van der Waals surface area contributed by atoms with Gasteiger partial charge in [-0.15, -0.1) is 0 Å². The summed E-state index contributed by atoms with van der Waals surface area (Å²) in [7, 11) is 1.57. The van der Waals surface area contributed by atoms with Crippen molar-refractivity contribution in [1.82, 2.24) is 14.8 Å². The lowest BCUT2D eigenvalue weighted by Crippen LogP contribution is -2.45. The number of fused-ring (bicyclic) bond motifs is 1. The van der Waals surface area contributed by atoms with Crippen molar-refractivity contribution in [2.75, 3.05) is 33.4 Å². The average Bonchev–Trinajstić information content (AvgIpc) is 3.25. The van der Waals surface area contributed by atoms with Crippen LogP contribution < -0.4 is 0 Å². The number of ether oxygens (including phenoxy) is 1. The van der Waals surface area contributed by atoms with Crippen LogP contribution in [-0.2, 0) is 27.3 Å². The molecule has 0 atom stereocenters. The van der Waals surface area contributed by atoms with Crippen molar-refractivity contribution < 1.29 is 18.7 Å². The van der Waals surface area contributed by atoms with Crippen molar-refractivity contribution >= 4 is 45.9 Å². The highest BCUT2D eigenvalue weighted by atomic mass is 35.5. The van der Waals surface area contributed by atoms with Gasteiger partial charge in [-0.1, -0.05) is 53.5 Å². The second-order valence-electron chi connectivity index (χ2n) is 7.96. The van der Waals surface area contributed by atoms with Crippen molar-refractivity contribution in [2.24, 2.45) is 0 Å². The maximum Gasteiger partial charge on any atom is 0.256 e. The van der Waals surface area contributed by atoms with Crippen molar-refractivity contribution in [3.8, 4) is 0 Å². The van der Waals surface area contributed by atoms with Crippen LogP contribution in [-0.4, -0.2) is 64.8 Å². The molecule has 1 N–H and O–H groups in total. The first-order valence-electron chi connectivity index (χ1n) is 11.0. The van der Waals surface area contributed by atoms with E-state index in [0.29, 0.717) is 32.5 Å². The van der Waals surface area contributed by atoms with Crippen LogP contribution in [0.3, 0.4) is 0 Å². The van der Waals surface area contributed by atoms with E-state index in [-0.39, 0.29) is 24.8 Å². The summed E-state index contributed by atoms with van der Waals surface area (Å²) in [4.78, 5) is 30.8. The molecule has 0 bridgehead atoms. The molecule has 6 nitrogen and oxygen atoms in total. The Morgan fingerprint density at radius 2 is 1.79 bits per heavy atom. The summed E-state index contributed by atoms with van der Waals surface area (Å²) >= 11 is 11.6. The highest BCUT2D eigenvalue weighted by Crippen LogP contribution is 2.19. The predicted molar refractivity (Wildman–Crippen MR) is 132 cm³/mol. The van der Waals surface area contributed by atoms with E-state index in [2.05, 4.69) is 4.98 Å². The first kappa shape index (κ1) is 26.0. The highest BCUT2D eigenvalue weighted by molar-refractivity contribution is 6.53. The summed E-state index contributed by atoms with van der Waals surface area (Å²) in [5.74, 6) is -1.11. The number of aromatic amines is 1. The van der Waals surface area contributed by atoms with Gasteiger partial charge in [-0.2, -0.15) is 0 Å². The van der Waals surface area contributed by atoms with Gasteiger partial charge < -0.3 is 19.5 Å². The van der Waals surface area contributed by atoms with E-state index in [1.807, 2.05) is 30.5 Å². The number of aromatic nitrogens is 1. The van der Waals surface area contributed by atoms with Crippen molar-refractivity contribution in [2.45, 2.75) is 24.2 Å². The van der Waals surface area contributed by atoms with Crippen LogP contribution in [0.5, 0.6) is 0 Å². The number of para-hydroxylation sites is 1. The standard InChI is InChI=1S/C25H28Cl2FN3O3/c1-34-14-4-12-31(25(33)24(26)27)17-23(32)30(16-18-7-9-20(28)10-8-18)13-11-19-15-29-22-6-3-2-5-21(19)22/h2-3,5-10,15,24,29H,4,11-14,16-17H2,1H3. The largest absolute Gasteiger partial charge is 0.385 e. The van der Waals surface area contributed by atoms with Crippen LogP contribution in [0.4, 0.5) is 4.39 Å². The third-order valence-corrected chi connectivity index (χ3v) is 5.94. The summed E-state index contributed by atoms with van der Waals surface area (Å²) in [6.07, 6.45) is 3.10. The van der Waals surface area contributed by atoms with E-state index < -0.39 is 10.7 Å². The molecule has 0 saturated carbocycles. The molecule has 0 aliphatic carbocycles.